The topological polar surface area (TPSA) is 58.6 Å². The largest absolute Gasteiger partial charge is 0.496 e. The van der Waals surface area contributed by atoms with Crippen molar-refractivity contribution in [2.45, 2.75) is 18.2 Å². The van der Waals surface area contributed by atoms with E-state index in [2.05, 4.69) is 36.5 Å². The third-order valence-corrected chi connectivity index (χ3v) is 6.64. The lowest BCUT2D eigenvalue weighted by molar-refractivity contribution is -0.114. The van der Waals surface area contributed by atoms with E-state index in [0.717, 1.165) is 22.6 Å². The van der Waals surface area contributed by atoms with Gasteiger partial charge in [-0.15, -0.1) is 0 Å². The summed E-state index contributed by atoms with van der Waals surface area (Å²) in [4.78, 5) is 28.8. The minimum Gasteiger partial charge on any atom is -0.496 e. The molecule has 33 heavy (non-hydrogen) atoms. The summed E-state index contributed by atoms with van der Waals surface area (Å²) < 4.78 is 5.40. The highest BCUT2D eigenvalue weighted by Crippen LogP contribution is 2.42. The molecular formula is C27H26N2O3S. The van der Waals surface area contributed by atoms with Crippen LogP contribution in [0.5, 0.6) is 5.75 Å². The van der Waals surface area contributed by atoms with Crippen molar-refractivity contribution < 1.29 is 14.3 Å². The fourth-order valence-electron chi connectivity index (χ4n) is 3.64. The van der Waals surface area contributed by atoms with Crippen molar-refractivity contribution in [1.82, 2.24) is 5.32 Å². The van der Waals surface area contributed by atoms with Crippen LogP contribution in [0.1, 0.15) is 27.0 Å². The first-order chi connectivity index (χ1) is 16.0. The molecule has 0 aromatic heterocycles. The standard InChI is InChI=1S/C27H26N2O3S/c1-18-8-10-19(11-9-18)14-15-28-26(30)21-12-13-24-22(16-21)29(2)27(31)25(33-24)17-20-6-4-5-7-23(20)32-3/h4-13,16-17H,14-15H2,1-3H3,(H,28,30). The van der Waals surface area contributed by atoms with Gasteiger partial charge in [0, 0.05) is 29.6 Å². The molecule has 3 aromatic rings. The second-order valence-electron chi connectivity index (χ2n) is 7.89. The first kappa shape index (κ1) is 22.7. The Hall–Kier alpha value is -3.51. The predicted molar refractivity (Wildman–Crippen MR) is 134 cm³/mol. The molecule has 2 amide bonds. The van der Waals surface area contributed by atoms with Gasteiger partial charge < -0.3 is 15.0 Å². The van der Waals surface area contributed by atoms with E-state index in [-0.39, 0.29) is 11.8 Å². The summed E-state index contributed by atoms with van der Waals surface area (Å²) in [7, 11) is 3.35. The van der Waals surface area contributed by atoms with Crippen molar-refractivity contribution in [2.75, 3.05) is 25.6 Å². The van der Waals surface area contributed by atoms with Gasteiger partial charge in [-0.05, 0) is 49.2 Å². The molecule has 0 unspecified atom stereocenters. The molecule has 168 valence electrons. The van der Waals surface area contributed by atoms with E-state index < -0.39 is 0 Å². The van der Waals surface area contributed by atoms with Crippen LogP contribution >= 0.6 is 11.8 Å². The van der Waals surface area contributed by atoms with Crippen LogP contribution in [0.3, 0.4) is 0 Å². The minimum atomic E-state index is -0.147. The summed E-state index contributed by atoms with van der Waals surface area (Å²) in [5.74, 6) is 0.450. The third kappa shape index (κ3) is 5.12. The molecule has 0 spiro atoms. The predicted octanol–water partition coefficient (Wildman–Crippen LogP) is 5.09. The van der Waals surface area contributed by atoms with Gasteiger partial charge in [-0.3, -0.25) is 9.59 Å². The molecule has 4 rings (SSSR count). The van der Waals surface area contributed by atoms with Crippen molar-refractivity contribution in [3.63, 3.8) is 0 Å². The van der Waals surface area contributed by atoms with Crippen molar-refractivity contribution in [3.8, 4) is 5.75 Å². The molecule has 0 fully saturated rings. The summed E-state index contributed by atoms with van der Waals surface area (Å²) in [5, 5.41) is 2.97. The number of carbonyl (C=O) groups is 2. The van der Waals surface area contributed by atoms with E-state index in [1.165, 1.54) is 22.9 Å². The minimum absolute atomic E-state index is 0.115. The van der Waals surface area contributed by atoms with E-state index in [4.69, 9.17) is 4.74 Å². The molecule has 3 aromatic carbocycles. The summed E-state index contributed by atoms with van der Waals surface area (Å²) in [5.41, 5.74) is 4.51. The monoisotopic (exact) mass is 458 g/mol. The Balaban J connectivity index is 1.48. The van der Waals surface area contributed by atoms with Gasteiger partial charge in [-0.2, -0.15) is 0 Å². The number of fused-ring (bicyclic) bond motifs is 1. The average Bonchev–Trinajstić information content (AvgIpc) is 2.83. The highest BCUT2D eigenvalue weighted by Gasteiger charge is 2.27. The van der Waals surface area contributed by atoms with Crippen LogP contribution in [0.2, 0.25) is 0 Å². The number of nitrogens with one attached hydrogen (secondary N) is 1. The summed E-state index contributed by atoms with van der Waals surface area (Å²) >= 11 is 1.40. The second kappa shape index (κ2) is 9.96. The smallest absolute Gasteiger partial charge is 0.264 e. The number of carbonyl (C=O) groups excluding carboxylic acids is 2. The van der Waals surface area contributed by atoms with Crippen molar-refractivity contribution in [1.29, 1.82) is 0 Å². The van der Waals surface area contributed by atoms with Gasteiger partial charge in [-0.25, -0.2) is 0 Å². The van der Waals surface area contributed by atoms with Crippen LogP contribution in [-0.4, -0.2) is 32.5 Å². The molecule has 1 aliphatic heterocycles. The maximum absolute atomic E-state index is 13.0. The van der Waals surface area contributed by atoms with Gasteiger partial charge in [0.2, 0.25) is 0 Å². The van der Waals surface area contributed by atoms with Crippen molar-refractivity contribution in [3.05, 3.63) is 93.9 Å². The van der Waals surface area contributed by atoms with Crippen molar-refractivity contribution in [2.24, 2.45) is 0 Å². The normalized spacial score (nSPS) is 14.2. The number of thioether (sulfide) groups is 1. The zero-order valence-electron chi connectivity index (χ0n) is 18.9. The molecule has 0 atom stereocenters. The van der Waals surface area contributed by atoms with Gasteiger partial charge in [0.1, 0.15) is 5.75 Å². The molecule has 6 heteroatoms. The molecule has 5 nitrogen and oxygen atoms in total. The average molecular weight is 459 g/mol. The highest BCUT2D eigenvalue weighted by atomic mass is 32.2. The Morgan fingerprint density at radius 1 is 1.09 bits per heavy atom. The van der Waals surface area contributed by atoms with Crippen LogP contribution in [0.25, 0.3) is 6.08 Å². The number of ether oxygens (including phenoxy) is 1. The fourth-order valence-corrected chi connectivity index (χ4v) is 4.72. The quantitative estimate of drug-likeness (QED) is 0.523. The number of para-hydroxylation sites is 1. The van der Waals surface area contributed by atoms with E-state index in [1.807, 2.05) is 36.4 Å². The van der Waals surface area contributed by atoms with Gasteiger partial charge in [0.15, 0.2) is 0 Å². The maximum Gasteiger partial charge on any atom is 0.264 e. The lowest BCUT2D eigenvalue weighted by atomic mass is 10.1. The van der Waals surface area contributed by atoms with E-state index >= 15 is 0 Å². The number of aryl methyl sites for hydroxylation is 1. The Kier molecular flexibility index (Phi) is 6.84. The van der Waals surface area contributed by atoms with E-state index in [1.54, 1.807) is 31.2 Å². The molecule has 1 N–H and O–H groups in total. The van der Waals surface area contributed by atoms with Gasteiger partial charge in [0.05, 0.1) is 17.7 Å². The summed E-state index contributed by atoms with van der Waals surface area (Å²) in [6.45, 7) is 2.60. The van der Waals surface area contributed by atoms with E-state index in [0.29, 0.717) is 22.8 Å². The van der Waals surface area contributed by atoms with Crippen LogP contribution in [0, 0.1) is 6.92 Å². The zero-order chi connectivity index (χ0) is 23.4. The molecule has 0 saturated carbocycles. The van der Waals surface area contributed by atoms with Crippen LogP contribution in [-0.2, 0) is 11.2 Å². The lowest BCUT2D eigenvalue weighted by Gasteiger charge is -2.27. The van der Waals surface area contributed by atoms with Crippen molar-refractivity contribution >= 4 is 35.3 Å². The Morgan fingerprint density at radius 2 is 1.85 bits per heavy atom. The van der Waals surface area contributed by atoms with Crippen LogP contribution in [0.4, 0.5) is 5.69 Å². The third-order valence-electron chi connectivity index (χ3n) is 5.56. The van der Waals surface area contributed by atoms with Crippen LogP contribution in [0.15, 0.2) is 76.5 Å². The maximum atomic E-state index is 13.0. The SMILES string of the molecule is COc1ccccc1C=C1Sc2ccc(C(=O)NCCc3ccc(C)cc3)cc2N(C)C1=O. The summed E-state index contributed by atoms with van der Waals surface area (Å²) in [6, 6.07) is 21.4. The highest BCUT2D eigenvalue weighted by molar-refractivity contribution is 8.04. The number of hydrogen-bond donors (Lipinski definition) is 1. The van der Waals surface area contributed by atoms with Crippen LogP contribution < -0.4 is 15.0 Å². The number of nitrogens with zero attached hydrogens (tertiary/aromatic N) is 1. The molecule has 0 bridgehead atoms. The van der Waals surface area contributed by atoms with Gasteiger partial charge >= 0.3 is 0 Å². The van der Waals surface area contributed by atoms with E-state index in [9.17, 15) is 9.59 Å². The second-order valence-corrected chi connectivity index (χ2v) is 8.97. The number of benzene rings is 3. The number of hydrogen-bond acceptors (Lipinski definition) is 4. The Bertz CT molecular complexity index is 1220. The fraction of sp³-hybridized carbons (Fsp3) is 0.185. The molecule has 1 heterocycles. The zero-order valence-corrected chi connectivity index (χ0v) is 19.7. The molecule has 0 radical (unpaired) electrons. The number of rotatable bonds is 6. The molecular weight excluding hydrogens is 432 g/mol. The molecule has 1 aliphatic rings. The Labute approximate surface area is 198 Å². The van der Waals surface area contributed by atoms with Gasteiger partial charge in [-0.1, -0.05) is 59.8 Å². The summed E-state index contributed by atoms with van der Waals surface area (Å²) in [6.07, 6.45) is 2.61. The van der Waals surface area contributed by atoms with Gasteiger partial charge in [0.25, 0.3) is 11.8 Å². The number of likely N-dealkylation sites (N-methyl/N-ethyl adjacent to an activating group) is 1. The number of amides is 2. The Morgan fingerprint density at radius 3 is 2.61 bits per heavy atom. The first-order valence-electron chi connectivity index (χ1n) is 10.7. The number of anilines is 1. The molecule has 0 saturated heterocycles. The first-order valence-corrected chi connectivity index (χ1v) is 11.6. The molecule has 0 aliphatic carbocycles. The lowest BCUT2D eigenvalue weighted by Crippen LogP contribution is -2.31. The number of methoxy groups -OCH3 is 1.